The maximum absolute atomic E-state index is 12.9. The predicted molar refractivity (Wildman–Crippen MR) is 102 cm³/mol. The van der Waals surface area contributed by atoms with Crippen molar-refractivity contribution in [3.05, 3.63) is 65.9 Å². The zero-order chi connectivity index (χ0) is 20.2. The van der Waals surface area contributed by atoms with Gasteiger partial charge in [-0.15, -0.1) is 0 Å². The minimum Gasteiger partial charge on any atom is -0.439 e. The minimum absolute atomic E-state index is 0.120. The summed E-state index contributed by atoms with van der Waals surface area (Å²) in [6, 6.07) is 8.50. The summed E-state index contributed by atoms with van der Waals surface area (Å²) in [5, 5.41) is 12.2. The van der Waals surface area contributed by atoms with Crippen LogP contribution in [-0.4, -0.2) is 33.0 Å². The molecule has 0 aliphatic heterocycles. The molecule has 9 heteroatoms. The van der Waals surface area contributed by atoms with Gasteiger partial charge < -0.3 is 15.4 Å². The number of aromatic nitrogens is 3. The lowest BCUT2D eigenvalue weighted by atomic mass is 9.94. The number of rotatable bonds is 4. The average molecular weight is 395 g/mol. The molecule has 1 atom stereocenters. The molecule has 8 nitrogen and oxygen atoms in total. The number of carbonyl (C=O) groups is 2. The number of anilines is 1. The van der Waals surface area contributed by atoms with Gasteiger partial charge in [-0.3, -0.25) is 14.7 Å². The van der Waals surface area contributed by atoms with E-state index in [0.717, 1.165) is 24.1 Å². The Labute approximate surface area is 165 Å². The highest BCUT2D eigenvalue weighted by atomic mass is 19.1. The third-order valence-corrected chi connectivity index (χ3v) is 4.59. The number of halogens is 1. The molecule has 3 aromatic rings. The van der Waals surface area contributed by atoms with Gasteiger partial charge in [-0.1, -0.05) is 0 Å². The molecule has 2 aromatic heterocycles. The number of carbonyl (C=O) groups excluding carboxylic acids is 2. The van der Waals surface area contributed by atoms with Gasteiger partial charge in [0.1, 0.15) is 11.6 Å². The Morgan fingerprint density at radius 3 is 2.69 bits per heavy atom. The average Bonchev–Trinajstić information content (AvgIpc) is 3.19. The molecule has 2 amide bonds. The number of amides is 2. The van der Waals surface area contributed by atoms with Crippen molar-refractivity contribution in [1.29, 1.82) is 0 Å². The number of benzene rings is 1. The number of ether oxygens (including phenoxy) is 1. The Kier molecular flexibility index (Phi) is 5.19. The van der Waals surface area contributed by atoms with Crippen molar-refractivity contribution in [1.82, 2.24) is 20.5 Å². The largest absolute Gasteiger partial charge is 0.439 e. The van der Waals surface area contributed by atoms with Crippen LogP contribution in [0.15, 0.2) is 48.8 Å². The molecule has 0 fully saturated rings. The summed E-state index contributed by atoms with van der Waals surface area (Å²) in [5.74, 6) is -1.13. The van der Waals surface area contributed by atoms with Crippen molar-refractivity contribution in [2.75, 3.05) is 5.32 Å². The maximum Gasteiger partial charge on any atom is 0.313 e. The van der Waals surface area contributed by atoms with Crippen LogP contribution in [-0.2, 0) is 22.4 Å². The number of fused-ring (bicyclic) bond motifs is 1. The molecule has 1 unspecified atom stereocenters. The molecule has 1 aliphatic rings. The second-order valence-corrected chi connectivity index (χ2v) is 6.68. The van der Waals surface area contributed by atoms with Gasteiger partial charge in [0.2, 0.25) is 5.88 Å². The molecule has 0 saturated heterocycles. The number of aromatic amines is 1. The van der Waals surface area contributed by atoms with Crippen LogP contribution >= 0.6 is 0 Å². The number of hydrogen-bond acceptors (Lipinski definition) is 5. The van der Waals surface area contributed by atoms with E-state index in [1.54, 1.807) is 12.3 Å². The van der Waals surface area contributed by atoms with Crippen molar-refractivity contribution in [3.8, 4) is 11.6 Å². The van der Waals surface area contributed by atoms with E-state index < -0.39 is 11.8 Å². The molecule has 29 heavy (non-hydrogen) atoms. The standard InChI is InChI=1S/C20H18FN5O3/c21-13-2-6-16(7-3-13)29-18-8-5-15(11-22-18)25-20(28)19(27)24-14-4-1-12-10-23-26-17(12)9-14/h2-3,5-8,10-11,14H,1,4,9H2,(H,23,26)(H,24,27)(H,25,28). The Hall–Kier alpha value is -3.75. The van der Waals surface area contributed by atoms with E-state index in [-0.39, 0.29) is 17.7 Å². The maximum atomic E-state index is 12.9. The van der Waals surface area contributed by atoms with Gasteiger partial charge in [0.15, 0.2) is 0 Å². The van der Waals surface area contributed by atoms with Gasteiger partial charge in [0.25, 0.3) is 0 Å². The summed E-state index contributed by atoms with van der Waals surface area (Å²) < 4.78 is 18.4. The molecule has 0 radical (unpaired) electrons. The third kappa shape index (κ3) is 4.57. The van der Waals surface area contributed by atoms with E-state index in [9.17, 15) is 14.0 Å². The number of nitrogens with one attached hydrogen (secondary N) is 3. The topological polar surface area (TPSA) is 109 Å². The Bertz CT molecular complexity index is 1020. The fourth-order valence-corrected chi connectivity index (χ4v) is 3.11. The monoisotopic (exact) mass is 395 g/mol. The van der Waals surface area contributed by atoms with Crippen molar-refractivity contribution in [2.24, 2.45) is 0 Å². The van der Waals surface area contributed by atoms with Gasteiger partial charge in [0, 0.05) is 24.2 Å². The Morgan fingerprint density at radius 2 is 1.93 bits per heavy atom. The van der Waals surface area contributed by atoms with Crippen molar-refractivity contribution < 1.29 is 18.7 Å². The van der Waals surface area contributed by atoms with Gasteiger partial charge in [-0.25, -0.2) is 9.37 Å². The zero-order valence-corrected chi connectivity index (χ0v) is 15.3. The first-order valence-corrected chi connectivity index (χ1v) is 9.09. The van der Waals surface area contributed by atoms with E-state index in [2.05, 4.69) is 25.8 Å². The van der Waals surface area contributed by atoms with Crippen molar-refractivity contribution >= 4 is 17.5 Å². The first-order chi connectivity index (χ1) is 14.1. The SMILES string of the molecule is O=C(Nc1ccc(Oc2ccc(F)cc2)nc1)C(=O)NC1CCc2cn[nH]c2C1. The van der Waals surface area contributed by atoms with Crippen molar-refractivity contribution in [2.45, 2.75) is 25.3 Å². The van der Waals surface area contributed by atoms with Crippen LogP contribution < -0.4 is 15.4 Å². The third-order valence-electron chi connectivity index (χ3n) is 4.59. The molecule has 0 saturated carbocycles. The van der Waals surface area contributed by atoms with Gasteiger partial charge in [0.05, 0.1) is 18.1 Å². The van der Waals surface area contributed by atoms with Gasteiger partial charge in [-0.05, 0) is 48.7 Å². The summed E-state index contributed by atoms with van der Waals surface area (Å²) >= 11 is 0. The molecule has 0 spiro atoms. The van der Waals surface area contributed by atoms with Crippen LogP contribution in [0.25, 0.3) is 0 Å². The van der Waals surface area contributed by atoms with Crippen LogP contribution in [0.3, 0.4) is 0 Å². The highest BCUT2D eigenvalue weighted by Gasteiger charge is 2.24. The lowest BCUT2D eigenvalue weighted by Gasteiger charge is -2.22. The van der Waals surface area contributed by atoms with Crippen molar-refractivity contribution in [3.63, 3.8) is 0 Å². The number of nitrogens with zero attached hydrogens (tertiary/aromatic N) is 2. The summed E-state index contributed by atoms with van der Waals surface area (Å²) in [6.45, 7) is 0. The molecular formula is C20H18FN5O3. The van der Waals surface area contributed by atoms with Gasteiger partial charge >= 0.3 is 11.8 Å². The minimum atomic E-state index is -0.769. The van der Waals surface area contributed by atoms with Gasteiger partial charge in [-0.2, -0.15) is 5.10 Å². The number of H-pyrrole nitrogens is 1. The van der Waals surface area contributed by atoms with E-state index in [0.29, 0.717) is 17.9 Å². The summed E-state index contributed by atoms with van der Waals surface area (Å²) in [5.41, 5.74) is 2.49. The molecule has 2 heterocycles. The molecular weight excluding hydrogens is 377 g/mol. The normalized spacial score (nSPS) is 15.3. The highest BCUT2D eigenvalue weighted by Crippen LogP contribution is 2.21. The lowest BCUT2D eigenvalue weighted by molar-refractivity contribution is -0.136. The second-order valence-electron chi connectivity index (χ2n) is 6.68. The highest BCUT2D eigenvalue weighted by molar-refractivity contribution is 6.39. The summed E-state index contributed by atoms with van der Waals surface area (Å²) in [7, 11) is 0. The molecule has 148 valence electrons. The zero-order valence-electron chi connectivity index (χ0n) is 15.3. The van der Waals surface area contributed by atoms with Crippen LogP contribution in [0.5, 0.6) is 11.6 Å². The molecule has 1 aromatic carbocycles. The smallest absolute Gasteiger partial charge is 0.313 e. The van der Waals surface area contributed by atoms with E-state index >= 15 is 0 Å². The van der Waals surface area contributed by atoms with Crippen LogP contribution in [0, 0.1) is 5.82 Å². The van der Waals surface area contributed by atoms with E-state index in [1.165, 1.54) is 36.5 Å². The lowest BCUT2D eigenvalue weighted by Crippen LogP contribution is -2.44. The molecule has 1 aliphatic carbocycles. The van der Waals surface area contributed by atoms with E-state index in [1.807, 2.05) is 0 Å². The van der Waals surface area contributed by atoms with Crippen LogP contribution in [0.2, 0.25) is 0 Å². The molecule has 3 N–H and O–H groups in total. The Balaban J connectivity index is 1.30. The number of aryl methyl sites for hydroxylation is 1. The second kappa shape index (κ2) is 8.09. The summed E-state index contributed by atoms with van der Waals surface area (Å²) in [4.78, 5) is 28.4. The number of hydrogen-bond donors (Lipinski definition) is 3. The predicted octanol–water partition coefficient (Wildman–Crippen LogP) is 2.35. The fraction of sp³-hybridized carbons (Fsp3) is 0.200. The summed E-state index contributed by atoms with van der Waals surface area (Å²) in [6.07, 6.45) is 5.34. The molecule has 4 rings (SSSR count). The molecule has 0 bridgehead atoms. The number of pyridine rings is 1. The van der Waals surface area contributed by atoms with Crippen LogP contribution in [0.1, 0.15) is 17.7 Å². The first-order valence-electron chi connectivity index (χ1n) is 9.09. The quantitative estimate of drug-likeness (QED) is 0.588. The van der Waals surface area contributed by atoms with E-state index in [4.69, 9.17) is 4.74 Å². The fourth-order valence-electron chi connectivity index (χ4n) is 3.11. The first kappa shape index (κ1) is 18.6. The Morgan fingerprint density at radius 1 is 1.10 bits per heavy atom. The van der Waals surface area contributed by atoms with Crippen LogP contribution in [0.4, 0.5) is 10.1 Å².